The Balaban J connectivity index is 1.32. The third-order valence-electron chi connectivity index (χ3n) is 5.12. The number of aromatic nitrogens is 4. The Hall–Kier alpha value is -3.95. The predicted octanol–water partition coefficient (Wildman–Crippen LogP) is 0.682. The van der Waals surface area contributed by atoms with Gasteiger partial charge in [-0.2, -0.15) is 0 Å². The van der Waals surface area contributed by atoms with Crippen LogP contribution in [0, 0.1) is 0 Å². The molecule has 0 radical (unpaired) electrons. The molecule has 160 valence electrons. The fraction of sp³-hybridized carbons (Fsp3) is 0.286. The van der Waals surface area contributed by atoms with Gasteiger partial charge in [-0.25, -0.2) is 14.8 Å². The van der Waals surface area contributed by atoms with Gasteiger partial charge >= 0.3 is 5.69 Å². The first-order chi connectivity index (χ1) is 15.1. The lowest BCUT2D eigenvalue weighted by Crippen LogP contribution is -2.46. The molecule has 2 N–H and O–H groups in total. The summed E-state index contributed by atoms with van der Waals surface area (Å²) in [6.07, 6.45) is 2.87. The number of hydrogen-bond acceptors (Lipinski definition) is 7. The van der Waals surface area contributed by atoms with Crippen molar-refractivity contribution < 1.29 is 4.79 Å². The average Bonchev–Trinajstić information content (AvgIpc) is 2.79. The molecule has 1 aliphatic rings. The summed E-state index contributed by atoms with van der Waals surface area (Å²) in [7, 11) is 0. The molecule has 0 unspecified atom stereocenters. The van der Waals surface area contributed by atoms with E-state index in [0.29, 0.717) is 5.82 Å². The number of carbonyl (C=O) groups is 1. The molecule has 0 spiro atoms. The summed E-state index contributed by atoms with van der Waals surface area (Å²) in [6, 6.07) is 13.3. The van der Waals surface area contributed by atoms with Crippen LogP contribution in [0.4, 0.5) is 17.3 Å². The van der Waals surface area contributed by atoms with E-state index in [9.17, 15) is 14.4 Å². The number of amides is 1. The van der Waals surface area contributed by atoms with Crippen LogP contribution in [0.2, 0.25) is 0 Å². The van der Waals surface area contributed by atoms with Crippen molar-refractivity contribution in [3.63, 3.8) is 0 Å². The molecule has 1 amide bonds. The minimum atomic E-state index is -0.542. The van der Waals surface area contributed by atoms with Gasteiger partial charge in [0.25, 0.3) is 5.56 Å². The van der Waals surface area contributed by atoms with Crippen LogP contribution in [-0.2, 0) is 11.3 Å². The molecule has 0 bridgehead atoms. The lowest BCUT2D eigenvalue weighted by Gasteiger charge is -2.36. The van der Waals surface area contributed by atoms with E-state index in [4.69, 9.17) is 0 Å². The van der Waals surface area contributed by atoms with Crippen LogP contribution in [0.1, 0.15) is 6.42 Å². The first-order valence-corrected chi connectivity index (χ1v) is 10.0. The van der Waals surface area contributed by atoms with Crippen molar-refractivity contribution in [2.75, 3.05) is 41.3 Å². The van der Waals surface area contributed by atoms with Crippen molar-refractivity contribution >= 4 is 23.2 Å². The number of nitrogens with one attached hydrogen (secondary N) is 2. The highest BCUT2D eigenvalue weighted by Crippen LogP contribution is 2.20. The third-order valence-corrected chi connectivity index (χ3v) is 5.12. The van der Waals surface area contributed by atoms with Crippen LogP contribution in [0.25, 0.3) is 0 Å². The Morgan fingerprint density at radius 2 is 1.74 bits per heavy atom. The van der Waals surface area contributed by atoms with Crippen molar-refractivity contribution in [3.05, 3.63) is 75.8 Å². The van der Waals surface area contributed by atoms with Crippen LogP contribution >= 0.6 is 0 Å². The quantitative estimate of drug-likeness (QED) is 0.601. The number of rotatable bonds is 6. The van der Waals surface area contributed by atoms with Gasteiger partial charge in [0.1, 0.15) is 18.0 Å². The summed E-state index contributed by atoms with van der Waals surface area (Å²) in [6.45, 7) is 3.54. The zero-order valence-electron chi connectivity index (χ0n) is 16.9. The molecule has 31 heavy (non-hydrogen) atoms. The monoisotopic (exact) mass is 421 g/mol. The van der Waals surface area contributed by atoms with Crippen LogP contribution in [0.15, 0.2) is 64.6 Å². The number of H-pyrrole nitrogens is 1. The molecule has 0 aliphatic carbocycles. The number of piperazine rings is 1. The molecule has 3 aromatic rings. The number of aryl methyl sites for hydroxylation is 1. The second-order valence-electron chi connectivity index (χ2n) is 7.17. The molecule has 1 aromatic carbocycles. The van der Waals surface area contributed by atoms with E-state index < -0.39 is 11.2 Å². The summed E-state index contributed by atoms with van der Waals surface area (Å²) in [5.41, 5.74) is 0.197. The van der Waals surface area contributed by atoms with Gasteiger partial charge in [0.05, 0.1) is 0 Å². The summed E-state index contributed by atoms with van der Waals surface area (Å²) in [5, 5.41) is 2.74. The first-order valence-electron chi connectivity index (χ1n) is 10.0. The van der Waals surface area contributed by atoms with Gasteiger partial charge in [-0.05, 0) is 12.1 Å². The van der Waals surface area contributed by atoms with Gasteiger partial charge in [-0.15, -0.1) is 0 Å². The number of aromatic amines is 1. The molecule has 2 aromatic heterocycles. The fourth-order valence-corrected chi connectivity index (χ4v) is 3.47. The van der Waals surface area contributed by atoms with Crippen LogP contribution in [0.5, 0.6) is 0 Å². The normalized spacial score (nSPS) is 13.8. The molecule has 0 saturated carbocycles. The summed E-state index contributed by atoms with van der Waals surface area (Å²) >= 11 is 0. The number of para-hydroxylation sites is 1. The van der Waals surface area contributed by atoms with E-state index in [2.05, 4.69) is 42.2 Å². The van der Waals surface area contributed by atoms with E-state index in [0.717, 1.165) is 32.0 Å². The minimum absolute atomic E-state index is 0.0705. The van der Waals surface area contributed by atoms with Crippen molar-refractivity contribution in [3.8, 4) is 0 Å². The highest BCUT2D eigenvalue weighted by molar-refractivity contribution is 5.89. The minimum Gasteiger partial charge on any atom is -0.368 e. The topological polar surface area (TPSA) is 116 Å². The zero-order valence-corrected chi connectivity index (χ0v) is 16.9. The SMILES string of the molecule is O=C(CCn1ccc(=O)[nH]c1=O)Nc1cc(N2CCN(c3ccccc3)CC2)ncn1. The average molecular weight is 421 g/mol. The molecular formula is C21H23N7O3. The van der Waals surface area contributed by atoms with Crippen molar-refractivity contribution in [2.45, 2.75) is 13.0 Å². The van der Waals surface area contributed by atoms with Gasteiger partial charge in [0, 0.05) is 63.2 Å². The molecule has 1 aliphatic heterocycles. The molecule has 10 heteroatoms. The highest BCUT2D eigenvalue weighted by Gasteiger charge is 2.19. The smallest absolute Gasteiger partial charge is 0.328 e. The second-order valence-corrected chi connectivity index (χ2v) is 7.17. The van der Waals surface area contributed by atoms with Crippen molar-refractivity contribution in [1.82, 2.24) is 19.5 Å². The van der Waals surface area contributed by atoms with Crippen LogP contribution < -0.4 is 26.4 Å². The Morgan fingerprint density at radius 3 is 2.48 bits per heavy atom. The summed E-state index contributed by atoms with van der Waals surface area (Å²) in [5.74, 6) is 0.890. The molecule has 4 rings (SSSR count). The van der Waals surface area contributed by atoms with Crippen molar-refractivity contribution in [1.29, 1.82) is 0 Å². The zero-order chi connectivity index (χ0) is 21.6. The van der Waals surface area contributed by atoms with E-state index >= 15 is 0 Å². The Bertz CT molecular complexity index is 1150. The maximum Gasteiger partial charge on any atom is 0.328 e. The highest BCUT2D eigenvalue weighted by atomic mass is 16.2. The van der Waals surface area contributed by atoms with E-state index in [1.54, 1.807) is 6.07 Å². The molecule has 1 saturated heterocycles. The number of carbonyl (C=O) groups excluding carboxylic acids is 1. The Labute approximate surface area is 178 Å². The van der Waals surface area contributed by atoms with Gasteiger partial charge in [-0.1, -0.05) is 18.2 Å². The van der Waals surface area contributed by atoms with Gasteiger partial charge < -0.3 is 19.7 Å². The predicted molar refractivity (Wildman–Crippen MR) is 117 cm³/mol. The third kappa shape index (κ3) is 5.16. The molecule has 1 fully saturated rings. The Kier molecular flexibility index (Phi) is 6.06. The molecule has 0 atom stereocenters. The molecular weight excluding hydrogens is 398 g/mol. The molecule has 3 heterocycles. The molecule has 10 nitrogen and oxygen atoms in total. The second kappa shape index (κ2) is 9.24. The largest absolute Gasteiger partial charge is 0.368 e. The number of nitrogens with zero attached hydrogens (tertiary/aromatic N) is 5. The van der Waals surface area contributed by atoms with E-state index in [1.807, 2.05) is 18.2 Å². The number of anilines is 3. The Morgan fingerprint density at radius 1 is 1.00 bits per heavy atom. The maximum atomic E-state index is 12.3. The van der Waals surface area contributed by atoms with Gasteiger partial charge in [0.2, 0.25) is 5.91 Å². The van der Waals surface area contributed by atoms with Crippen molar-refractivity contribution in [2.24, 2.45) is 0 Å². The summed E-state index contributed by atoms with van der Waals surface area (Å²) in [4.78, 5) is 50.2. The number of benzene rings is 1. The van der Waals surface area contributed by atoms with Crippen LogP contribution in [0.3, 0.4) is 0 Å². The number of hydrogen-bond donors (Lipinski definition) is 2. The van der Waals surface area contributed by atoms with E-state index in [1.165, 1.54) is 28.8 Å². The standard InChI is InChI=1S/C21H23N7O3/c29-19(6-8-28-9-7-20(30)25-21(28)31)24-17-14-18(23-15-22-17)27-12-10-26(11-13-27)16-4-2-1-3-5-16/h1-5,7,9,14-15H,6,8,10-13H2,(H,25,30,31)(H,22,23,24,29). The van der Waals surface area contributed by atoms with E-state index in [-0.39, 0.29) is 18.9 Å². The lowest BCUT2D eigenvalue weighted by atomic mass is 10.2. The summed E-state index contributed by atoms with van der Waals surface area (Å²) < 4.78 is 1.28. The lowest BCUT2D eigenvalue weighted by molar-refractivity contribution is -0.116. The maximum absolute atomic E-state index is 12.3. The first kappa shape index (κ1) is 20.3. The van der Waals surface area contributed by atoms with Gasteiger partial charge in [-0.3, -0.25) is 14.6 Å². The fourth-order valence-electron chi connectivity index (χ4n) is 3.47. The van der Waals surface area contributed by atoms with Gasteiger partial charge in [0.15, 0.2) is 0 Å². The van der Waals surface area contributed by atoms with Crippen LogP contribution in [-0.4, -0.2) is 51.6 Å².